The van der Waals surface area contributed by atoms with E-state index in [1.807, 2.05) is 0 Å². The SMILES string of the molecule is NC(CCC(=O)O)C(=O)OCC(O)CO. The van der Waals surface area contributed by atoms with Gasteiger partial charge in [0.1, 0.15) is 18.8 Å². The van der Waals surface area contributed by atoms with Crippen LogP contribution < -0.4 is 5.73 Å². The average Bonchev–Trinajstić information content (AvgIpc) is 2.21. The fourth-order valence-electron chi connectivity index (χ4n) is 0.735. The number of esters is 1. The molecule has 0 radical (unpaired) electrons. The molecule has 0 aliphatic carbocycles. The van der Waals surface area contributed by atoms with Gasteiger partial charge in [-0.05, 0) is 6.42 Å². The molecule has 7 heteroatoms. The second-order valence-electron chi connectivity index (χ2n) is 3.01. The summed E-state index contributed by atoms with van der Waals surface area (Å²) in [7, 11) is 0. The van der Waals surface area contributed by atoms with Gasteiger partial charge in [-0.3, -0.25) is 9.59 Å². The molecule has 0 bridgehead atoms. The Hall–Kier alpha value is -1.18. The summed E-state index contributed by atoms with van der Waals surface area (Å²) in [5.74, 6) is -1.84. The summed E-state index contributed by atoms with van der Waals surface area (Å²) in [6.07, 6.45) is -1.39. The maximum atomic E-state index is 11.0. The van der Waals surface area contributed by atoms with Gasteiger partial charge in [0, 0.05) is 6.42 Å². The van der Waals surface area contributed by atoms with Gasteiger partial charge in [-0.25, -0.2) is 0 Å². The van der Waals surface area contributed by atoms with Crippen molar-refractivity contribution in [3.8, 4) is 0 Å². The second-order valence-corrected chi connectivity index (χ2v) is 3.01. The molecular formula is C8H15NO6. The molecule has 0 aliphatic heterocycles. The number of aliphatic hydroxyl groups is 2. The van der Waals surface area contributed by atoms with E-state index < -0.39 is 30.7 Å². The summed E-state index contributed by atoms with van der Waals surface area (Å²) in [5, 5.41) is 25.6. The molecule has 0 aromatic carbocycles. The van der Waals surface area contributed by atoms with Gasteiger partial charge in [-0.2, -0.15) is 0 Å². The second kappa shape index (κ2) is 7.16. The zero-order valence-corrected chi connectivity index (χ0v) is 8.13. The highest BCUT2D eigenvalue weighted by atomic mass is 16.5. The third kappa shape index (κ3) is 6.83. The number of ether oxygens (including phenoxy) is 1. The first-order valence-electron chi connectivity index (χ1n) is 4.40. The van der Waals surface area contributed by atoms with Gasteiger partial charge in [0.15, 0.2) is 0 Å². The lowest BCUT2D eigenvalue weighted by atomic mass is 10.2. The number of aliphatic carboxylic acids is 1. The molecule has 2 atom stereocenters. The molecular weight excluding hydrogens is 206 g/mol. The minimum Gasteiger partial charge on any atom is -0.481 e. The van der Waals surface area contributed by atoms with E-state index in [0.29, 0.717) is 0 Å². The highest BCUT2D eigenvalue weighted by molar-refractivity contribution is 5.76. The highest BCUT2D eigenvalue weighted by Gasteiger charge is 2.17. The van der Waals surface area contributed by atoms with Crippen molar-refractivity contribution in [1.29, 1.82) is 0 Å². The van der Waals surface area contributed by atoms with Crippen molar-refractivity contribution in [3.63, 3.8) is 0 Å². The molecule has 7 nitrogen and oxygen atoms in total. The van der Waals surface area contributed by atoms with Crippen LogP contribution >= 0.6 is 0 Å². The number of carboxylic acid groups (broad SMARTS) is 1. The van der Waals surface area contributed by atoms with Crippen LogP contribution in [0.3, 0.4) is 0 Å². The van der Waals surface area contributed by atoms with Crippen LogP contribution in [0.1, 0.15) is 12.8 Å². The van der Waals surface area contributed by atoms with E-state index in [-0.39, 0.29) is 19.4 Å². The maximum absolute atomic E-state index is 11.0. The number of hydrogen-bond donors (Lipinski definition) is 4. The van der Waals surface area contributed by atoms with E-state index in [2.05, 4.69) is 4.74 Å². The van der Waals surface area contributed by atoms with Gasteiger partial charge < -0.3 is 25.8 Å². The van der Waals surface area contributed by atoms with E-state index in [0.717, 1.165) is 0 Å². The van der Waals surface area contributed by atoms with E-state index in [9.17, 15) is 9.59 Å². The lowest BCUT2D eigenvalue weighted by Gasteiger charge is -2.12. The number of nitrogens with two attached hydrogens (primary N) is 1. The number of carbonyl (C=O) groups excluding carboxylic acids is 1. The topological polar surface area (TPSA) is 130 Å². The van der Waals surface area contributed by atoms with E-state index >= 15 is 0 Å². The van der Waals surface area contributed by atoms with E-state index in [4.69, 9.17) is 21.1 Å². The number of carboxylic acids is 1. The number of hydrogen-bond acceptors (Lipinski definition) is 6. The van der Waals surface area contributed by atoms with Crippen molar-refractivity contribution in [2.24, 2.45) is 5.73 Å². The first-order chi connectivity index (χ1) is 6.97. The third-order valence-electron chi connectivity index (χ3n) is 1.60. The monoisotopic (exact) mass is 221 g/mol. The summed E-state index contributed by atoms with van der Waals surface area (Å²) in [6, 6.07) is -1.02. The minimum absolute atomic E-state index is 0.0244. The first kappa shape index (κ1) is 13.8. The Morgan fingerprint density at radius 1 is 1.40 bits per heavy atom. The number of aliphatic hydroxyl groups excluding tert-OH is 2. The van der Waals surface area contributed by atoms with Gasteiger partial charge in [-0.1, -0.05) is 0 Å². The molecule has 5 N–H and O–H groups in total. The fraction of sp³-hybridized carbons (Fsp3) is 0.750. The van der Waals surface area contributed by atoms with Crippen LogP contribution in [-0.2, 0) is 14.3 Å². The normalized spacial score (nSPS) is 14.3. The molecule has 15 heavy (non-hydrogen) atoms. The van der Waals surface area contributed by atoms with Gasteiger partial charge >= 0.3 is 11.9 Å². The summed E-state index contributed by atoms with van der Waals surface area (Å²) < 4.78 is 4.52. The van der Waals surface area contributed by atoms with Gasteiger partial charge in [0.25, 0.3) is 0 Å². The zero-order chi connectivity index (χ0) is 11.8. The van der Waals surface area contributed by atoms with Gasteiger partial charge in [0.2, 0.25) is 0 Å². The predicted molar refractivity (Wildman–Crippen MR) is 48.9 cm³/mol. The lowest BCUT2D eigenvalue weighted by Crippen LogP contribution is -2.35. The third-order valence-corrected chi connectivity index (χ3v) is 1.60. The van der Waals surface area contributed by atoms with Crippen LogP contribution in [0.2, 0.25) is 0 Å². The van der Waals surface area contributed by atoms with Crippen LogP contribution in [0.5, 0.6) is 0 Å². The minimum atomic E-state index is -1.14. The predicted octanol–water partition coefficient (Wildman–Crippen LogP) is -1.93. The van der Waals surface area contributed by atoms with Crippen LogP contribution in [0.15, 0.2) is 0 Å². The van der Waals surface area contributed by atoms with Crippen molar-refractivity contribution >= 4 is 11.9 Å². The van der Waals surface area contributed by atoms with Crippen molar-refractivity contribution in [3.05, 3.63) is 0 Å². The van der Waals surface area contributed by atoms with Crippen molar-refractivity contribution in [2.75, 3.05) is 13.2 Å². The first-order valence-corrected chi connectivity index (χ1v) is 4.40. The molecule has 0 saturated heterocycles. The summed E-state index contributed by atoms with van der Waals surface area (Å²) in [5.41, 5.74) is 5.31. The van der Waals surface area contributed by atoms with Gasteiger partial charge in [0.05, 0.1) is 6.61 Å². The fourth-order valence-corrected chi connectivity index (χ4v) is 0.735. The maximum Gasteiger partial charge on any atom is 0.323 e. The smallest absolute Gasteiger partial charge is 0.323 e. The molecule has 0 saturated carbocycles. The van der Waals surface area contributed by atoms with Crippen LogP contribution in [0.25, 0.3) is 0 Å². The summed E-state index contributed by atoms with van der Waals surface area (Å²) >= 11 is 0. The molecule has 0 amide bonds. The molecule has 0 rings (SSSR count). The summed E-state index contributed by atoms with van der Waals surface area (Å²) in [4.78, 5) is 21.2. The molecule has 88 valence electrons. The van der Waals surface area contributed by atoms with Crippen LogP contribution in [0, 0.1) is 0 Å². The molecule has 2 unspecified atom stereocenters. The molecule has 0 aliphatic rings. The quantitative estimate of drug-likeness (QED) is 0.368. The molecule has 0 aromatic heterocycles. The van der Waals surface area contributed by atoms with Crippen LogP contribution in [-0.4, -0.2) is 52.6 Å². The largest absolute Gasteiger partial charge is 0.481 e. The Morgan fingerprint density at radius 2 is 2.00 bits per heavy atom. The lowest BCUT2D eigenvalue weighted by molar-refractivity contribution is -0.149. The standard InChI is InChI=1S/C8H15NO6/c9-6(1-2-7(12)13)8(14)15-4-5(11)3-10/h5-6,10-11H,1-4,9H2,(H,12,13). The Bertz CT molecular complexity index is 219. The van der Waals surface area contributed by atoms with Crippen molar-refractivity contribution < 1.29 is 29.6 Å². The van der Waals surface area contributed by atoms with E-state index in [1.54, 1.807) is 0 Å². The average molecular weight is 221 g/mol. The van der Waals surface area contributed by atoms with Gasteiger partial charge in [-0.15, -0.1) is 0 Å². The number of rotatable bonds is 7. The Morgan fingerprint density at radius 3 is 2.47 bits per heavy atom. The van der Waals surface area contributed by atoms with Crippen LogP contribution in [0.4, 0.5) is 0 Å². The Labute approximate surface area is 86.5 Å². The Kier molecular flexibility index (Phi) is 6.59. The van der Waals surface area contributed by atoms with Crippen molar-refractivity contribution in [2.45, 2.75) is 25.0 Å². The number of carbonyl (C=O) groups is 2. The molecule has 0 heterocycles. The molecule has 0 aromatic rings. The molecule has 0 fully saturated rings. The molecule has 0 spiro atoms. The van der Waals surface area contributed by atoms with E-state index in [1.165, 1.54) is 0 Å². The van der Waals surface area contributed by atoms with Crippen molar-refractivity contribution in [1.82, 2.24) is 0 Å². The Balaban J connectivity index is 3.74. The summed E-state index contributed by atoms with van der Waals surface area (Å²) in [6.45, 7) is -0.867. The zero-order valence-electron chi connectivity index (χ0n) is 8.13. The highest BCUT2D eigenvalue weighted by Crippen LogP contribution is 1.98.